The highest BCUT2D eigenvalue weighted by Crippen LogP contribution is 2.17. The molecule has 0 radical (unpaired) electrons. The fourth-order valence-corrected chi connectivity index (χ4v) is 2.62. The van der Waals surface area contributed by atoms with Crippen LogP contribution in [0.4, 0.5) is 10.1 Å². The molecule has 21 heavy (non-hydrogen) atoms. The average molecular weight is 398 g/mol. The lowest BCUT2D eigenvalue weighted by Gasteiger charge is -2.09. The van der Waals surface area contributed by atoms with Gasteiger partial charge in [0.1, 0.15) is 5.82 Å². The highest BCUT2D eigenvalue weighted by Gasteiger charge is 2.11. The zero-order valence-electron chi connectivity index (χ0n) is 11.6. The lowest BCUT2D eigenvalue weighted by atomic mass is 10.1. The molecule has 2 aromatic carbocycles. The second-order valence-electron chi connectivity index (χ2n) is 4.56. The second-order valence-corrected chi connectivity index (χ2v) is 5.72. The number of carbonyl (C=O) groups is 1. The standard InChI is InChI=1S/C16H16FIN2O/c1-2-19-10-11-4-3-5-13(8-11)20-16(21)14-7-6-12(17)9-15(14)18/h3-9,19H,2,10H2,1H3,(H,20,21). The zero-order valence-corrected chi connectivity index (χ0v) is 13.8. The number of carbonyl (C=O) groups excluding carboxylic acids is 1. The van der Waals surface area contributed by atoms with E-state index in [1.54, 1.807) is 0 Å². The van der Waals surface area contributed by atoms with Gasteiger partial charge in [-0.05, 0) is 65.0 Å². The predicted octanol–water partition coefficient (Wildman–Crippen LogP) is 3.79. The Bertz CT molecular complexity index is 646. The first-order chi connectivity index (χ1) is 10.1. The van der Waals surface area contributed by atoms with Crippen molar-refractivity contribution in [3.63, 3.8) is 0 Å². The summed E-state index contributed by atoms with van der Waals surface area (Å²) in [5, 5.41) is 6.08. The first-order valence-electron chi connectivity index (χ1n) is 6.66. The average Bonchev–Trinajstić information content (AvgIpc) is 2.45. The van der Waals surface area contributed by atoms with E-state index in [1.807, 2.05) is 53.8 Å². The van der Waals surface area contributed by atoms with Crippen LogP contribution in [0.15, 0.2) is 42.5 Å². The van der Waals surface area contributed by atoms with E-state index in [0.717, 1.165) is 24.3 Å². The Labute approximate surface area is 137 Å². The van der Waals surface area contributed by atoms with Crippen LogP contribution in [0.1, 0.15) is 22.8 Å². The molecule has 2 aromatic rings. The third-order valence-corrected chi connectivity index (χ3v) is 3.83. The van der Waals surface area contributed by atoms with Crippen LogP contribution < -0.4 is 10.6 Å². The number of nitrogens with one attached hydrogen (secondary N) is 2. The van der Waals surface area contributed by atoms with Gasteiger partial charge < -0.3 is 10.6 Å². The van der Waals surface area contributed by atoms with Crippen LogP contribution in [-0.4, -0.2) is 12.5 Å². The van der Waals surface area contributed by atoms with E-state index in [4.69, 9.17) is 0 Å². The highest BCUT2D eigenvalue weighted by atomic mass is 127. The largest absolute Gasteiger partial charge is 0.322 e. The molecule has 0 atom stereocenters. The number of hydrogen-bond donors (Lipinski definition) is 2. The molecule has 0 spiro atoms. The van der Waals surface area contributed by atoms with Crippen LogP contribution >= 0.6 is 22.6 Å². The minimum atomic E-state index is -0.344. The summed E-state index contributed by atoms with van der Waals surface area (Å²) in [6.07, 6.45) is 0. The molecular weight excluding hydrogens is 382 g/mol. The van der Waals surface area contributed by atoms with Crippen molar-refractivity contribution in [2.75, 3.05) is 11.9 Å². The summed E-state index contributed by atoms with van der Waals surface area (Å²) in [6, 6.07) is 11.8. The number of benzene rings is 2. The molecule has 1 amide bonds. The summed E-state index contributed by atoms with van der Waals surface area (Å²) in [5.41, 5.74) is 2.30. The molecule has 0 aliphatic carbocycles. The fourth-order valence-electron chi connectivity index (χ4n) is 1.90. The molecule has 5 heteroatoms. The maximum atomic E-state index is 13.1. The van der Waals surface area contributed by atoms with Crippen molar-refractivity contribution in [2.24, 2.45) is 0 Å². The number of hydrogen-bond acceptors (Lipinski definition) is 2. The van der Waals surface area contributed by atoms with Crippen molar-refractivity contribution < 1.29 is 9.18 Å². The molecule has 0 unspecified atom stereocenters. The summed E-state index contributed by atoms with van der Waals surface area (Å²) < 4.78 is 13.7. The maximum absolute atomic E-state index is 13.1. The summed E-state index contributed by atoms with van der Waals surface area (Å²) >= 11 is 1.96. The number of anilines is 1. The van der Waals surface area contributed by atoms with Gasteiger partial charge in [-0.3, -0.25) is 4.79 Å². The Morgan fingerprint density at radius 2 is 2.05 bits per heavy atom. The van der Waals surface area contributed by atoms with Crippen molar-refractivity contribution in [3.8, 4) is 0 Å². The van der Waals surface area contributed by atoms with Gasteiger partial charge in [0.2, 0.25) is 0 Å². The summed E-state index contributed by atoms with van der Waals surface area (Å²) in [4.78, 5) is 12.2. The molecule has 0 saturated heterocycles. The van der Waals surface area contributed by atoms with Crippen molar-refractivity contribution in [3.05, 3.63) is 63.0 Å². The molecule has 0 saturated carbocycles. The van der Waals surface area contributed by atoms with Gasteiger partial charge >= 0.3 is 0 Å². The number of halogens is 2. The number of amides is 1. The van der Waals surface area contributed by atoms with Crippen molar-refractivity contribution in [2.45, 2.75) is 13.5 Å². The van der Waals surface area contributed by atoms with Gasteiger partial charge in [-0.1, -0.05) is 19.1 Å². The van der Waals surface area contributed by atoms with Crippen LogP contribution in [0.2, 0.25) is 0 Å². The quantitative estimate of drug-likeness (QED) is 0.753. The minimum absolute atomic E-state index is 0.236. The van der Waals surface area contributed by atoms with E-state index in [0.29, 0.717) is 9.13 Å². The predicted molar refractivity (Wildman–Crippen MR) is 90.9 cm³/mol. The zero-order chi connectivity index (χ0) is 15.2. The molecule has 0 heterocycles. The summed E-state index contributed by atoms with van der Waals surface area (Å²) in [7, 11) is 0. The molecule has 2 rings (SSSR count). The van der Waals surface area contributed by atoms with Crippen LogP contribution in [-0.2, 0) is 6.54 Å². The summed E-state index contributed by atoms with van der Waals surface area (Å²) in [6.45, 7) is 3.70. The lowest BCUT2D eigenvalue weighted by molar-refractivity contribution is 0.102. The van der Waals surface area contributed by atoms with Crippen LogP contribution in [0.25, 0.3) is 0 Å². The molecule has 2 N–H and O–H groups in total. The van der Waals surface area contributed by atoms with Gasteiger partial charge in [0.15, 0.2) is 0 Å². The molecule has 0 fully saturated rings. The van der Waals surface area contributed by atoms with Crippen LogP contribution in [0, 0.1) is 9.39 Å². The highest BCUT2D eigenvalue weighted by molar-refractivity contribution is 14.1. The van der Waals surface area contributed by atoms with Gasteiger partial charge in [0, 0.05) is 15.8 Å². The Morgan fingerprint density at radius 3 is 2.76 bits per heavy atom. The van der Waals surface area contributed by atoms with Crippen molar-refractivity contribution >= 4 is 34.2 Å². The third-order valence-electron chi connectivity index (χ3n) is 2.94. The first kappa shape index (κ1) is 15.9. The minimum Gasteiger partial charge on any atom is -0.322 e. The number of rotatable bonds is 5. The van der Waals surface area contributed by atoms with E-state index in [9.17, 15) is 9.18 Å². The molecule has 0 aromatic heterocycles. The van der Waals surface area contributed by atoms with Gasteiger partial charge in [-0.15, -0.1) is 0 Å². The third kappa shape index (κ3) is 4.50. The molecule has 110 valence electrons. The SMILES string of the molecule is CCNCc1cccc(NC(=O)c2ccc(F)cc2I)c1. The van der Waals surface area contributed by atoms with Crippen molar-refractivity contribution in [1.29, 1.82) is 0 Å². The Hall–Kier alpha value is -1.47. The van der Waals surface area contributed by atoms with Gasteiger partial charge in [-0.25, -0.2) is 4.39 Å². The Morgan fingerprint density at radius 1 is 1.24 bits per heavy atom. The first-order valence-corrected chi connectivity index (χ1v) is 7.74. The Balaban J connectivity index is 2.12. The second kappa shape index (κ2) is 7.51. The van der Waals surface area contributed by atoms with E-state index in [1.165, 1.54) is 18.2 Å². The summed E-state index contributed by atoms with van der Waals surface area (Å²) in [5.74, 6) is -0.580. The fraction of sp³-hybridized carbons (Fsp3) is 0.188. The van der Waals surface area contributed by atoms with Crippen LogP contribution in [0.3, 0.4) is 0 Å². The van der Waals surface area contributed by atoms with E-state index < -0.39 is 0 Å². The van der Waals surface area contributed by atoms with Crippen LogP contribution in [0.5, 0.6) is 0 Å². The maximum Gasteiger partial charge on any atom is 0.256 e. The van der Waals surface area contributed by atoms with Gasteiger partial charge in [0.25, 0.3) is 5.91 Å². The molecule has 0 aliphatic heterocycles. The topological polar surface area (TPSA) is 41.1 Å². The molecule has 0 aliphatic rings. The van der Waals surface area contributed by atoms with Gasteiger partial charge in [0.05, 0.1) is 5.56 Å². The van der Waals surface area contributed by atoms with Crippen molar-refractivity contribution in [1.82, 2.24) is 5.32 Å². The van der Waals surface area contributed by atoms with E-state index in [2.05, 4.69) is 10.6 Å². The monoisotopic (exact) mass is 398 g/mol. The smallest absolute Gasteiger partial charge is 0.256 e. The molecule has 3 nitrogen and oxygen atoms in total. The van der Waals surface area contributed by atoms with Gasteiger partial charge in [-0.2, -0.15) is 0 Å². The van der Waals surface area contributed by atoms with E-state index >= 15 is 0 Å². The Kier molecular flexibility index (Phi) is 5.69. The normalized spacial score (nSPS) is 10.4. The molecule has 0 bridgehead atoms. The van der Waals surface area contributed by atoms with E-state index in [-0.39, 0.29) is 11.7 Å². The molecular formula is C16H16FIN2O. The lowest BCUT2D eigenvalue weighted by Crippen LogP contribution is -2.15.